The molecule has 0 spiro atoms. The monoisotopic (exact) mass is 314 g/mol. The third-order valence-electron chi connectivity index (χ3n) is 3.81. The van der Waals surface area contributed by atoms with Crippen LogP contribution in [0.4, 0.5) is 0 Å². The normalized spacial score (nSPS) is 10.5. The van der Waals surface area contributed by atoms with Crippen molar-refractivity contribution in [1.82, 2.24) is 0 Å². The van der Waals surface area contributed by atoms with Crippen LogP contribution in [-0.4, -0.2) is 7.85 Å². The molecular weight excluding hydrogens is 295 g/mol. The zero-order chi connectivity index (χ0) is 17.1. The zero-order valence-corrected chi connectivity index (χ0v) is 14.2. The molecule has 3 aromatic rings. The van der Waals surface area contributed by atoms with Crippen molar-refractivity contribution in [2.75, 3.05) is 0 Å². The minimum atomic E-state index is 0.486. The van der Waals surface area contributed by atoms with Crippen LogP contribution in [0.5, 0.6) is 23.0 Å². The largest absolute Gasteiger partial charge is 0.458 e. The lowest BCUT2D eigenvalue weighted by molar-refractivity contribution is 0.465. The molecule has 0 aliphatic heterocycles. The molecule has 24 heavy (non-hydrogen) atoms. The van der Waals surface area contributed by atoms with E-state index in [9.17, 15) is 0 Å². The summed E-state index contributed by atoms with van der Waals surface area (Å²) in [6.45, 7) is 6.07. The Morgan fingerprint density at radius 2 is 1.33 bits per heavy atom. The molecule has 0 fully saturated rings. The molecule has 0 bridgehead atoms. The third-order valence-corrected chi connectivity index (χ3v) is 3.81. The average molecular weight is 314 g/mol. The van der Waals surface area contributed by atoms with Crippen molar-refractivity contribution in [3.63, 3.8) is 0 Å². The molecule has 0 N–H and O–H groups in total. The molecule has 0 saturated carbocycles. The number of benzene rings is 3. The van der Waals surface area contributed by atoms with E-state index >= 15 is 0 Å². The number of hydrogen-bond donors (Lipinski definition) is 0. The second-order valence-electron chi connectivity index (χ2n) is 5.96. The van der Waals surface area contributed by atoms with E-state index in [1.165, 1.54) is 0 Å². The Labute approximate surface area is 144 Å². The molecule has 0 aliphatic carbocycles. The van der Waals surface area contributed by atoms with Crippen LogP contribution < -0.4 is 14.9 Å². The maximum absolute atomic E-state index is 6.26. The topological polar surface area (TPSA) is 18.5 Å². The van der Waals surface area contributed by atoms with E-state index in [-0.39, 0.29) is 0 Å². The fourth-order valence-electron chi connectivity index (χ4n) is 2.44. The maximum Gasteiger partial charge on any atom is 0.130 e. The van der Waals surface area contributed by atoms with Crippen molar-refractivity contribution < 1.29 is 9.47 Å². The summed E-state index contributed by atoms with van der Waals surface area (Å²) in [4.78, 5) is 0. The molecular formula is C21H19BO2. The summed E-state index contributed by atoms with van der Waals surface area (Å²) in [5.74, 6) is 2.73. The third kappa shape index (κ3) is 3.62. The first-order valence-corrected chi connectivity index (χ1v) is 7.91. The Hall–Kier alpha value is -2.68. The molecule has 2 nitrogen and oxygen atoms in total. The van der Waals surface area contributed by atoms with Crippen LogP contribution in [0.25, 0.3) is 0 Å². The van der Waals surface area contributed by atoms with E-state index in [2.05, 4.69) is 6.07 Å². The highest BCUT2D eigenvalue weighted by molar-refractivity contribution is 6.36. The quantitative estimate of drug-likeness (QED) is 0.632. The molecule has 118 valence electrons. The van der Waals surface area contributed by atoms with Gasteiger partial charge in [0.2, 0.25) is 0 Å². The molecule has 0 unspecified atom stereocenters. The zero-order valence-electron chi connectivity index (χ0n) is 14.2. The number of ether oxygens (including phenoxy) is 2. The van der Waals surface area contributed by atoms with Gasteiger partial charge in [0.1, 0.15) is 30.8 Å². The van der Waals surface area contributed by atoms with Gasteiger partial charge in [-0.25, -0.2) is 0 Å². The van der Waals surface area contributed by atoms with E-state index in [4.69, 9.17) is 17.3 Å². The lowest BCUT2D eigenvalue weighted by atomic mass is 9.93. The van der Waals surface area contributed by atoms with Crippen LogP contribution in [-0.2, 0) is 0 Å². The van der Waals surface area contributed by atoms with Crippen LogP contribution in [0.3, 0.4) is 0 Å². The van der Waals surface area contributed by atoms with Gasteiger partial charge in [0.05, 0.1) is 0 Å². The summed E-state index contributed by atoms with van der Waals surface area (Å²) in [7, 11) is 6.26. The summed E-state index contributed by atoms with van der Waals surface area (Å²) in [5, 5.41) is 0. The molecule has 0 saturated heterocycles. The highest BCUT2D eigenvalue weighted by Crippen LogP contribution is 2.28. The van der Waals surface area contributed by atoms with Crippen molar-refractivity contribution in [2.24, 2.45) is 0 Å². The standard InChI is InChI=1S/C21H19BO2/c1-14-6-4-7-17(12-14)23-18-8-5-9-19(21(18)22)24-20-13-15(2)10-11-16(20)3/h4-13H,1-3H3. The molecule has 0 aromatic heterocycles. The summed E-state index contributed by atoms with van der Waals surface area (Å²) >= 11 is 0. The van der Waals surface area contributed by atoms with E-state index in [0.29, 0.717) is 17.0 Å². The number of hydrogen-bond acceptors (Lipinski definition) is 2. The number of aryl methyl sites for hydroxylation is 3. The van der Waals surface area contributed by atoms with E-state index in [1.807, 2.05) is 75.4 Å². The second-order valence-corrected chi connectivity index (χ2v) is 5.96. The van der Waals surface area contributed by atoms with Crippen LogP contribution in [0.1, 0.15) is 16.7 Å². The number of rotatable bonds is 4. The van der Waals surface area contributed by atoms with Crippen molar-refractivity contribution in [1.29, 1.82) is 0 Å². The SMILES string of the molecule is [B]c1c(Oc2cccc(C)c2)cccc1Oc1cc(C)ccc1C. The summed E-state index contributed by atoms with van der Waals surface area (Å²) < 4.78 is 11.9. The van der Waals surface area contributed by atoms with Crippen LogP contribution in [0.15, 0.2) is 60.7 Å². The second kappa shape index (κ2) is 6.83. The molecule has 0 heterocycles. The minimum Gasteiger partial charge on any atom is -0.458 e. The van der Waals surface area contributed by atoms with E-state index < -0.39 is 0 Å². The van der Waals surface area contributed by atoms with Gasteiger partial charge in [0.15, 0.2) is 0 Å². The van der Waals surface area contributed by atoms with Gasteiger partial charge in [-0.2, -0.15) is 0 Å². The average Bonchev–Trinajstić information content (AvgIpc) is 2.55. The van der Waals surface area contributed by atoms with Crippen LogP contribution in [0, 0.1) is 20.8 Å². The molecule has 0 aliphatic rings. The first-order chi connectivity index (χ1) is 11.5. The van der Waals surface area contributed by atoms with E-state index in [1.54, 1.807) is 0 Å². The molecule has 0 atom stereocenters. The van der Waals surface area contributed by atoms with Crippen LogP contribution in [0.2, 0.25) is 0 Å². The smallest absolute Gasteiger partial charge is 0.130 e. The Balaban J connectivity index is 1.89. The lowest BCUT2D eigenvalue weighted by Crippen LogP contribution is -2.10. The summed E-state index contributed by atoms with van der Waals surface area (Å²) in [5.41, 5.74) is 3.82. The van der Waals surface area contributed by atoms with Crippen LogP contribution >= 0.6 is 0 Å². The first-order valence-electron chi connectivity index (χ1n) is 7.91. The van der Waals surface area contributed by atoms with Gasteiger partial charge in [0.25, 0.3) is 0 Å². The predicted octanol–water partition coefficient (Wildman–Crippen LogP) is 4.99. The van der Waals surface area contributed by atoms with Crippen molar-refractivity contribution in [3.05, 3.63) is 77.4 Å². The van der Waals surface area contributed by atoms with Crippen molar-refractivity contribution >= 4 is 13.3 Å². The fourth-order valence-corrected chi connectivity index (χ4v) is 2.44. The molecule has 2 radical (unpaired) electrons. The van der Waals surface area contributed by atoms with Gasteiger partial charge in [0, 0.05) is 0 Å². The Kier molecular flexibility index (Phi) is 4.61. The summed E-state index contributed by atoms with van der Waals surface area (Å²) in [6, 6.07) is 19.5. The fraction of sp³-hybridized carbons (Fsp3) is 0.143. The van der Waals surface area contributed by atoms with Gasteiger partial charge >= 0.3 is 0 Å². The summed E-state index contributed by atoms with van der Waals surface area (Å²) in [6.07, 6.45) is 0. The first kappa shape index (κ1) is 16.2. The molecule has 0 amide bonds. The maximum atomic E-state index is 6.26. The Morgan fingerprint density at radius 1 is 0.667 bits per heavy atom. The molecule has 3 heteroatoms. The highest BCUT2D eigenvalue weighted by atomic mass is 16.5. The van der Waals surface area contributed by atoms with Crippen molar-refractivity contribution in [3.8, 4) is 23.0 Å². The lowest BCUT2D eigenvalue weighted by Gasteiger charge is -2.15. The van der Waals surface area contributed by atoms with Gasteiger partial charge in [-0.3, -0.25) is 0 Å². The van der Waals surface area contributed by atoms with Gasteiger partial charge in [-0.1, -0.05) is 30.3 Å². The molecule has 3 rings (SSSR count). The predicted molar refractivity (Wildman–Crippen MR) is 99.1 cm³/mol. The van der Waals surface area contributed by atoms with Gasteiger partial charge in [-0.05, 0) is 73.3 Å². The van der Waals surface area contributed by atoms with Gasteiger partial charge in [-0.15, -0.1) is 0 Å². The van der Waals surface area contributed by atoms with Gasteiger partial charge < -0.3 is 9.47 Å². The Bertz CT molecular complexity index is 871. The highest BCUT2D eigenvalue weighted by Gasteiger charge is 2.09. The van der Waals surface area contributed by atoms with E-state index in [0.717, 1.165) is 28.2 Å². The van der Waals surface area contributed by atoms with Crippen molar-refractivity contribution in [2.45, 2.75) is 20.8 Å². The molecule has 3 aromatic carbocycles. The Morgan fingerprint density at radius 3 is 2.08 bits per heavy atom. The minimum absolute atomic E-state index is 0.486.